The number of fused-ring (bicyclic) bond motifs is 10. The highest BCUT2D eigenvalue weighted by atomic mass is 16.3. The van der Waals surface area contributed by atoms with Crippen molar-refractivity contribution in [1.82, 2.24) is 4.57 Å². The lowest BCUT2D eigenvalue weighted by Gasteiger charge is -2.35. The number of furan rings is 1. The van der Waals surface area contributed by atoms with E-state index in [2.05, 4.69) is 246 Å². The summed E-state index contributed by atoms with van der Waals surface area (Å²) in [6.45, 7) is 0. The van der Waals surface area contributed by atoms with E-state index in [1.807, 2.05) is 6.07 Å². The summed E-state index contributed by atoms with van der Waals surface area (Å²) >= 11 is 0. The summed E-state index contributed by atoms with van der Waals surface area (Å²) in [6.07, 6.45) is 0. The number of benzene rings is 10. The van der Waals surface area contributed by atoms with Crippen LogP contribution in [0.4, 0.5) is 17.1 Å². The number of anilines is 3. The molecule has 3 heteroatoms. The van der Waals surface area contributed by atoms with Gasteiger partial charge in [-0.3, -0.25) is 0 Å². The number of hydrogen-bond acceptors (Lipinski definition) is 2. The van der Waals surface area contributed by atoms with Crippen molar-refractivity contribution in [3.05, 3.63) is 265 Å². The standard InChI is InChI=1S/C61H40N2O/c1-4-16-41(17-5-1)42-28-30-45(31-29-42)62(48-36-37-50-49-22-10-13-25-53(49)61(54(50)40-48,43-18-6-2-7-19-43)44-20-8-3-9-21-44)46-32-34-47(35-33-46)63-55-26-14-11-23-51(55)59-56(63)38-39-58-60(59)52-24-12-15-27-57(52)64-58/h1-40H. The minimum Gasteiger partial charge on any atom is -0.456 e. The van der Waals surface area contributed by atoms with E-state index in [4.69, 9.17) is 4.42 Å². The molecule has 0 aliphatic heterocycles. The molecule has 0 unspecified atom stereocenters. The van der Waals surface area contributed by atoms with E-state index >= 15 is 0 Å². The molecular formula is C61H40N2O. The highest BCUT2D eigenvalue weighted by Crippen LogP contribution is 2.57. The third-order valence-electron chi connectivity index (χ3n) is 13.5. The zero-order valence-corrected chi connectivity index (χ0v) is 34.9. The number of para-hydroxylation sites is 2. The second kappa shape index (κ2) is 14.3. The summed E-state index contributed by atoms with van der Waals surface area (Å²) < 4.78 is 8.78. The summed E-state index contributed by atoms with van der Waals surface area (Å²) in [5.74, 6) is 0. The number of aromatic nitrogens is 1. The molecule has 0 radical (unpaired) electrons. The van der Waals surface area contributed by atoms with E-state index in [1.54, 1.807) is 0 Å². The van der Waals surface area contributed by atoms with Gasteiger partial charge in [0.15, 0.2) is 0 Å². The van der Waals surface area contributed by atoms with Crippen molar-refractivity contribution < 1.29 is 4.42 Å². The number of hydrogen-bond donors (Lipinski definition) is 0. The predicted octanol–water partition coefficient (Wildman–Crippen LogP) is 16.2. The maximum Gasteiger partial charge on any atom is 0.136 e. The number of rotatable bonds is 7. The first-order valence-corrected chi connectivity index (χ1v) is 22.0. The lowest BCUT2D eigenvalue weighted by Crippen LogP contribution is -2.28. The van der Waals surface area contributed by atoms with Crippen molar-refractivity contribution in [3.63, 3.8) is 0 Å². The highest BCUT2D eigenvalue weighted by Gasteiger charge is 2.46. The molecule has 300 valence electrons. The predicted molar refractivity (Wildman–Crippen MR) is 265 cm³/mol. The summed E-state index contributed by atoms with van der Waals surface area (Å²) in [4.78, 5) is 2.41. The van der Waals surface area contributed by atoms with E-state index in [0.717, 1.165) is 55.7 Å². The summed E-state index contributed by atoms with van der Waals surface area (Å²) in [5.41, 5.74) is 17.9. The summed E-state index contributed by atoms with van der Waals surface area (Å²) in [6, 6.07) is 88.3. The van der Waals surface area contributed by atoms with Gasteiger partial charge >= 0.3 is 0 Å². The Morgan fingerprint density at radius 3 is 1.66 bits per heavy atom. The monoisotopic (exact) mass is 816 g/mol. The smallest absolute Gasteiger partial charge is 0.136 e. The van der Waals surface area contributed by atoms with Crippen LogP contribution in [-0.2, 0) is 5.41 Å². The Bertz CT molecular complexity index is 3660. The Morgan fingerprint density at radius 2 is 0.922 bits per heavy atom. The molecule has 64 heavy (non-hydrogen) atoms. The van der Waals surface area contributed by atoms with Gasteiger partial charge in [0.2, 0.25) is 0 Å². The van der Waals surface area contributed by atoms with Gasteiger partial charge in [0, 0.05) is 44.3 Å². The normalized spacial score (nSPS) is 12.8. The zero-order chi connectivity index (χ0) is 42.2. The zero-order valence-electron chi connectivity index (χ0n) is 34.9. The molecule has 0 bridgehead atoms. The molecule has 0 N–H and O–H groups in total. The van der Waals surface area contributed by atoms with Crippen LogP contribution in [0.2, 0.25) is 0 Å². The van der Waals surface area contributed by atoms with E-state index in [9.17, 15) is 0 Å². The summed E-state index contributed by atoms with van der Waals surface area (Å²) in [7, 11) is 0. The Hall–Kier alpha value is -8.40. The lowest BCUT2D eigenvalue weighted by molar-refractivity contribution is 0.669. The molecule has 0 amide bonds. The molecule has 2 aromatic heterocycles. The molecule has 0 saturated heterocycles. The second-order valence-electron chi connectivity index (χ2n) is 16.8. The van der Waals surface area contributed by atoms with Crippen molar-refractivity contribution >= 4 is 60.8 Å². The van der Waals surface area contributed by atoms with Gasteiger partial charge in [0.05, 0.1) is 16.4 Å². The van der Waals surface area contributed by atoms with Crippen LogP contribution in [-0.4, -0.2) is 4.57 Å². The van der Waals surface area contributed by atoms with Crippen LogP contribution < -0.4 is 4.90 Å². The fourth-order valence-electron chi connectivity index (χ4n) is 10.8. The third-order valence-corrected chi connectivity index (χ3v) is 13.5. The Kier molecular flexibility index (Phi) is 8.13. The molecule has 13 rings (SSSR count). The lowest BCUT2D eigenvalue weighted by atomic mass is 9.67. The fraction of sp³-hybridized carbons (Fsp3) is 0.0164. The van der Waals surface area contributed by atoms with E-state index in [1.165, 1.54) is 55.3 Å². The first-order chi connectivity index (χ1) is 31.8. The van der Waals surface area contributed by atoms with Crippen LogP contribution in [0.15, 0.2) is 247 Å². The highest BCUT2D eigenvalue weighted by molar-refractivity contribution is 6.27. The van der Waals surface area contributed by atoms with Gasteiger partial charge in [0.25, 0.3) is 0 Å². The van der Waals surface area contributed by atoms with Crippen molar-refractivity contribution in [2.24, 2.45) is 0 Å². The number of nitrogens with zero attached hydrogens (tertiary/aromatic N) is 2. The first kappa shape index (κ1) is 36.3. The maximum atomic E-state index is 6.38. The molecule has 0 fully saturated rings. The van der Waals surface area contributed by atoms with Gasteiger partial charge < -0.3 is 13.9 Å². The minimum atomic E-state index is -0.514. The average molecular weight is 817 g/mol. The molecule has 1 aliphatic carbocycles. The molecule has 2 heterocycles. The quantitative estimate of drug-likeness (QED) is 0.160. The van der Waals surface area contributed by atoms with Crippen LogP contribution in [0.3, 0.4) is 0 Å². The molecule has 0 atom stereocenters. The van der Waals surface area contributed by atoms with Crippen molar-refractivity contribution in [1.29, 1.82) is 0 Å². The van der Waals surface area contributed by atoms with Gasteiger partial charge in [-0.1, -0.05) is 170 Å². The van der Waals surface area contributed by atoms with Gasteiger partial charge in [-0.05, 0) is 117 Å². The van der Waals surface area contributed by atoms with Gasteiger partial charge in [-0.25, -0.2) is 0 Å². The molecule has 0 saturated carbocycles. The van der Waals surface area contributed by atoms with E-state index in [-0.39, 0.29) is 0 Å². The third kappa shape index (κ3) is 5.34. The van der Waals surface area contributed by atoms with Crippen molar-refractivity contribution in [2.75, 3.05) is 4.90 Å². The van der Waals surface area contributed by atoms with Crippen LogP contribution in [0.1, 0.15) is 22.3 Å². The van der Waals surface area contributed by atoms with Crippen LogP contribution in [0, 0.1) is 0 Å². The molecule has 10 aromatic carbocycles. The molecule has 1 aliphatic rings. The SMILES string of the molecule is c1ccc(-c2ccc(N(c3ccc(-n4c5ccccc5c5c6c(ccc54)oc4ccccc46)cc3)c3ccc4c(c3)C(c3ccccc3)(c3ccccc3)c3ccccc3-4)cc2)cc1. The van der Waals surface area contributed by atoms with Crippen molar-refractivity contribution in [3.8, 4) is 27.9 Å². The largest absolute Gasteiger partial charge is 0.456 e. The van der Waals surface area contributed by atoms with E-state index in [0.29, 0.717) is 0 Å². The molecule has 12 aromatic rings. The second-order valence-corrected chi connectivity index (χ2v) is 16.8. The van der Waals surface area contributed by atoms with Crippen LogP contribution >= 0.6 is 0 Å². The average Bonchev–Trinajstić information content (AvgIpc) is 4.02. The Morgan fingerprint density at radius 1 is 0.359 bits per heavy atom. The van der Waals surface area contributed by atoms with Crippen LogP contribution in [0.5, 0.6) is 0 Å². The Labute approximate surface area is 371 Å². The maximum absolute atomic E-state index is 6.38. The van der Waals surface area contributed by atoms with Crippen molar-refractivity contribution in [2.45, 2.75) is 5.41 Å². The first-order valence-electron chi connectivity index (χ1n) is 22.0. The van der Waals surface area contributed by atoms with Crippen LogP contribution in [0.25, 0.3) is 71.7 Å². The molecular weight excluding hydrogens is 777 g/mol. The molecule has 3 nitrogen and oxygen atoms in total. The fourth-order valence-corrected chi connectivity index (χ4v) is 10.8. The topological polar surface area (TPSA) is 21.3 Å². The minimum absolute atomic E-state index is 0.514. The van der Waals surface area contributed by atoms with Gasteiger partial charge in [0.1, 0.15) is 11.2 Å². The van der Waals surface area contributed by atoms with Gasteiger partial charge in [-0.15, -0.1) is 0 Å². The molecule has 0 spiro atoms. The van der Waals surface area contributed by atoms with E-state index < -0.39 is 5.41 Å². The summed E-state index contributed by atoms with van der Waals surface area (Å²) in [5, 5.41) is 4.71. The Balaban J connectivity index is 1.01. The van der Waals surface area contributed by atoms with Gasteiger partial charge in [-0.2, -0.15) is 0 Å².